The van der Waals surface area contributed by atoms with E-state index in [0.29, 0.717) is 17.5 Å². The standard InChI is InChI=1S/C13H16BrN7OS/c14-10-5-15-11(12-16-8-17-21(10)12)19-13-18-9(7-23-13)6-20-1-3-22-4-2-20/h5,8-9H,1-4,6-7H2,(H,15,18,19). The Labute approximate surface area is 145 Å². The molecule has 2 aromatic heterocycles. The number of amidine groups is 1. The summed E-state index contributed by atoms with van der Waals surface area (Å²) in [5, 5.41) is 8.33. The van der Waals surface area contributed by atoms with E-state index in [2.05, 4.69) is 41.2 Å². The summed E-state index contributed by atoms with van der Waals surface area (Å²) in [7, 11) is 0. The van der Waals surface area contributed by atoms with E-state index in [4.69, 9.17) is 9.73 Å². The Morgan fingerprint density at radius 3 is 3.09 bits per heavy atom. The van der Waals surface area contributed by atoms with Gasteiger partial charge in [-0.3, -0.25) is 9.89 Å². The zero-order chi connectivity index (χ0) is 15.6. The lowest BCUT2D eigenvalue weighted by Crippen LogP contribution is -2.40. The van der Waals surface area contributed by atoms with Crippen LogP contribution in [0.3, 0.4) is 0 Å². The highest BCUT2D eigenvalue weighted by Gasteiger charge is 2.23. The van der Waals surface area contributed by atoms with Crippen molar-refractivity contribution in [3.05, 3.63) is 17.1 Å². The van der Waals surface area contributed by atoms with Crippen LogP contribution in [0.15, 0.2) is 22.1 Å². The predicted molar refractivity (Wildman–Crippen MR) is 93.0 cm³/mol. The number of nitrogens with one attached hydrogen (secondary N) is 1. The third kappa shape index (κ3) is 3.35. The molecule has 23 heavy (non-hydrogen) atoms. The minimum atomic E-state index is 0.310. The second-order valence-electron chi connectivity index (χ2n) is 5.36. The maximum absolute atomic E-state index is 5.38. The third-order valence-corrected chi connectivity index (χ3v) is 5.35. The summed E-state index contributed by atoms with van der Waals surface area (Å²) >= 11 is 5.13. The number of anilines is 1. The van der Waals surface area contributed by atoms with E-state index in [0.717, 1.165) is 48.4 Å². The topological polar surface area (TPSA) is 79.9 Å². The molecule has 0 aromatic carbocycles. The van der Waals surface area contributed by atoms with Crippen LogP contribution in [-0.2, 0) is 4.74 Å². The summed E-state index contributed by atoms with van der Waals surface area (Å²) in [4.78, 5) is 15.8. The van der Waals surface area contributed by atoms with Gasteiger partial charge in [0.05, 0.1) is 25.5 Å². The molecule has 1 fully saturated rings. The number of rotatable bonds is 3. The van der Waals surface area contributed by atoms with Crippen LogP contribution in [-0.4, -0.2) is 74.3 Å². The minimum Gasteiger partial charge on any atom is -0.379 e. The first-order chi connectivity index (χ1) is 11.3. The average molecular weight is 398 g/mol. The Kier molecular flexibility index (Phi) is 4.47. The van der Waals surface area contributed by atoms with Gasteiger partial charge in [-0.2, -0.15) is 5.10 Å². The van der Waals surface area contributed by atoms with Gasteiger partial charge in [0.1, 0.15) is 10.9 Å². The Hall–Kier alpha value is -1.23. The fraction of sp³-hybridized carbons (Fsp3) is 0.538. The smallest absolute Gasteiger partial charge is 0.199 e. The van der Waals surface area contributed by atoms with Gasteiger partial charge in [0.2, 0.25) is 0 Å². The molecule has 0 radical (unpaired) electrons. The number of nitrogens with zero attached hydrogens (tertiary/aromatic N) is 6. The quantitative estimate of drug-likeness (QED) is 0.830. The van der Waals surface area contributed by atoms with Crippen LogP contribution in [0.25, 0.3) is 5.65 Å². The molecule has 1 N–H and O–H groups in total. The molecule has 0 amide bonds. The molecule has 122 valence electrons. The SMILES string of the molecule is Brc1cnc(NC2=NC(CN3CCOCC3)CS2)c2ncnn12. The Morgan fingerprint density at radius 2 is 2.22 bits per heavy atom. The van der Waals surface area contributed by atoms with Crippen molar-refractivity contribution in [2.45, 2.75) is 6.04 Å². The van der Waals surface area contributed by atoms with Crippen molar-refractivity contribution in [1.82, 2.24) is 24.5 Å². The van der Waals surface area contributed by atoms with E-state index in [1.165, 1.54) is 6.33 Å². The van der Waals surface area contributed by atoms with Crippen LogP contribution in [0, 0.1) is 0 Å². The Balaban J connectivity index is 1.45. The molecule has 1 saturated heterocycles. The maximum atomic E-state index is 5.38. The number of aliphatic imine (C=N–C) groups is 1. The lowest BCUT2D eigenvalue weighted by Gasteiger charge is -2.27. The normalized spacial score (nSPS) is 22.5. The van der Waals surface area contributed by atoms with Gasteiger partial charge in [-0.25, -0.2) is 14.5 Å². The van der Waals surface area contributed by atoms with Crippen molar-refractivity contribution in [2.24, 2.45) is 4.99 Å². The number of hydrogen-bond acceptors (Lipinski definition) is 8. The number of morpholine rings is 1. The first-order valence-electron chi connectivity index (χ1n) is 7.41. The van der Waals surface area contributed by atoms with Gasteiger partial charge >= 0.3 is 0 Å². The summed E-state index contributed by atoms with van der Waals surface area (Å²) in [6.45, 7) is 4.61. The van der Waals surface area contributed by atoms with Gasteiger partial charge in [-0.05, 0) is 15.9 Å². The van der Waals surface area contributed by atoms with E-state index < -0.39 is 0 Å². The molecule has 2 aromatic rings. The lowest BCUT2D eigenvalue weighted by molar-refractivity contribution is 0.0364. The highest BCUT2D eigenvalue weighted by molar-refractivity contribution is 9.10. The first-order valence-corrected chi connectivity index (χ1v) is 9.19. The fourth-order valence-corrected chi connectivity index (χ4v) is 3.92. The van der Waals surface area contributed by atoms with E-state index >= 15 is 0 Å². The van der Waals surface area contributed by atoms with Crippen molar-refractivity contribution in [3.63, 3.8) is 0 Å². The van der Waals surface area contributed by atoms with Crippen LogP contribution in [0.2, 0.25) is 0 Å². The fourth-order valence-electron chi connectivity index (χ4n) is 2.64. The number of thioether (sulfide) groups is 1. The summed E-state index contributed by atoms with van der Waals surface area (Å²) < 4.78 is 7.85. The zero-order valence-electron chi connectivity index (χ0n) is 12.4. The number of hydrogen-bond donors (Lipinski definition) is 1. The summed E-state index contributed by atoms with van der Waals surface area (Å²) in [5.74, 6) is 1.66. The molecule has 1 atom stereocenters. The molecule has 2 aliphatic heterocycles. The van der Waals surface area contributed by atoms with Crippen LogP contribution in [0.5, 0.6) is 0 Å². The van der Waals surface area contributed by atoms with Gasteiger partial charge < -0.3 is 10.1 Å². The zero-order valence-corrected chi connectivity index (χ0v) is 14.8. The van der Waals surface area contributed by atoms with Crippen LogP contribution in [0.1, 0.15) is 0 Å². The predicted octanol–water partition coefficient (Wildman–Crippen LogP) is 1.10. The van der Waals surface area contributed by atoms with Crippen molar-refractivity contribution in [1.29, 1.82) is 0 Å². The molecule has 0 aliphatic carbocycles. The summed E-state index contributed by atoms with van der Waals surface area (Å²) in [6.07, 6.45) is 3.22. The van der Waals surface area contributed by atoms with E-state index in [-0.39, 0.29) is 0 Å². The Bertz CT molecular complexity index is 730. The van der Waals surface area contributed by atoms with E-state index in [1.54, 1.807) is 22.5 Å². The molecule has 1 unspecified atom stereocenters. The molecule has 0 spiro atoms. The Morgan fingerprint density at radius 1 is 1.35 bits per heavy atom. The van der Waals surface area contributed by atoms with Crippen molar-refractivity contribution < 1.29 is 4.74 Å². The largest absolute Gasteiger partial charge is 0.379 e. The molecule has 0 bridgehead atoms. The number of fused-ring (bicyclic) bond motifs is 1. The van der Waals surface area contributed by atoms with Gasteiger partial charge in [0.15, 0.2) is 16.6 Å². The maximum Gasteiger partial charge on any atom is 0.199 e. The van der Waals surface area contributed by atoms with Gasteiger partial charge in [0.25, 0.3) is 0 Å². The molecule has 4 heterocycles. The first kappa shape index (κ1) is 15.3. The molecule has 10 heteroatoms. The van der Waals surface area contributed by atoms with E-state index in [9.17, 15) is 0 Å². The molecular formula is C13H16BrN7OS. The monoisotopic (exact) mass is 397 g/mol. The molecule has 0 saturated carbocycles. The van der Waals surface area contributed by atoms with E-state index in [1.807, 2.05) is 0 Å². The van der Waals surface area contributed by atoms with Crippen molar-refractivity contribution >= 4 is 44.3 Å². The third-order valence-electron chi connectivity index (χ3n) is 3.77. The number of halogens is 1. The van der Waals surface area contributed by atoms with Crippen molar-refractivity contribution in [2.75, 3.05) is 43.9 Å². The second-order valence-corrected chi connectivity index (χ2v) is 7.18. The van der Waals surface area contributed by atoms with Crippen LogP contribution < -0.4 is 5.32 Å². The summed E-state index contributed by atoms with van der Waals surface area (Å²) in [5.41, 5.74) is 0.680. The van der Waals surface area contributed by atoms with Gasteiger partial charge in [0, 0.05) is 25.4 Å². The average Bonchev–Trinajstić information content (AvgIpc) is 3.21. The van der Waals surface area contributed by atoms with Crippen LogP contribution >= 0.6 is 27.7 Å². The van der Waals surface area contributed by atoms with Gasteiger partial charge in [-0.15, -0.1) is 0 Å². The minimum absolute atomic E-state index is 0.310. The number of ether oxygens (including phenoxy) is 1. The van der Waals surface area contributed by atoms with Crippen molar-refractivity contribution in [3.8, 4) is 0 Å². The molecule has 2 aliphatic rings. The molecular weight excluding hydrogens is 382 g/mol. The second kappa shape index (κ2) is 6.71. The number of aromatic nitrogens is 4. The highest BCUT2D eigenvalue weighted by Crippen LogP contribution is 2.23. The van der Waals surface area contributed by atoms with Gasteiger partial charge in [-0.1, -0.05) is 11.8 Å². The highest BCUT2D eigenvalue weighted by atomic mass is 79.9. The van der Waals surface area contributed by atoms with Crippen LogP contribution in [0.4, 0.5) is 5.82 Å². The lowest BCUT2D eigenvalue weighted by atomic mass is 10.3. The molecule has 8 nitrogen and oxygen atoms in total. The molecule has 4 rings (SSSR count). The summed E-state index contributed by atoms with van der Waals surface area (Å²) in [6, 6.07) is 0.310.